The van der Waals surface area contributed by atoms with Gasteiger partial charge in [-0.25, -0.2) is 32.9 Å². The van der Waals surface area contributed by atoms with E-state index in [0.29, 0.717) is 48.7 Å². The van der Waals surface area contributed by atoms with E-state index >= 15 is 0 Å². The molecular weight excluding hydrogens is 482 g/mol. The van der Waals surface area contributed by atoms with Crippen molar-refractivity contribution in [3.8, 4) is 0 Å². The maximum Gasteiger partial charge on any atom is 0.382 e. The second-order valence-electron chi connectivity index (χ2n) is 7.95. The average Bonchev–Trinajstić information content (AvgIpc) is 3.50. The molecule has 194 valence electrons. The molecule has 8 nitrogen and oxygen atoms in total. The number of imidazole rings is 2. The second kappa shape index (κ2) is 13.1. The van der Waals surface area contributed by atoms with Crippen LogP contribution in [0, 0.1) is 11.6 Å². The highest BCUT2D eigenvalue weighted by Gasteiger charge is 2.20. The van der Waals surface area contributed by atoms with Crippen molar-refractivity contribution in [2.24, 2.45) is 7.05 Å². The van der Waals surface area contributed by atoms with E-state index in [9.17, 15) is 18.4 Å². The van der Waals surface area contributed by atoms with E-state index in [4.69, 9.17) is 9.47 Å². The Balaban J connectivity index is 0.000000206. The maximum absolute atomic E-state index is 13.6. The molecule has 0 unspecified atom stereocenters. The van der Waals surface area contributed by atoms with Gasteiger partial charge in [-0.05, 0) is 37.1 Å². The van der Waals surface area contributed by atoms with Crippen LogP contribution in [0.4, 0.5) is 8.78 Å². The van der Waals surface area contributed by atoms with Crippen molar-refractivity contribution in [3.05, 3.63) is 107 Å². The van der Waals surface area contributed by atoms with Gasteiger partial charge >= 0.3 is 11.9 Å². The molecule has 4 aromatic rings. The zero-order valence-corrected chi connectivity index (χ0v) is 20.9. The van der Waals surface area contributed by atoms with Gasteiger partial charge in [0.15, 0.2) is 0 Å². The number of rotatable bonds is 8. The maximum atomic E-state index is 13.6. The van der Waals surface area contributed by atoms with Gasteiger partial charge in [-0.15, -0.1) is 0 Å². The van der Waals surface area contributed by atoms with Crippen LogP contribution >= 0.6 is 0 Å². The van der Waals surface area contributed by atoms with E-state index in [1.807, 2.05) is 0 Å². The third kappa shape index (κ3) is 7.57. The van der Waals surface area contributed by atoms with Crippen molar-refractivity contribution < 1.29 is 32.4 Å². The van der Waals surface area contributed by atoms with E-state index in [0.717, 1.165) is 5.82 Å². The molecule has 2 aromatic carbocycles. The summed E-state index contributed by atoms with van der Waals surface area (Å²) >= 11 is 0. The van der Waals surface area contributed by atoms with Crippen LogP contribution in [0.1, 0.15) is 57.6 Å². The van der Waals surface area contributed by atoms with Crippen LogP contribution in [0.25, 0.3) is 0 Å². The molecule has 4 rings (SSSR count). The van der Waals surface area contributed by atoms with Gasteiger partial charge in [0.1, 0.15) is 29.3 Å². The van der Waals surface area contributed by atoms with Gasteiger partial charge in [0.2, 0.25) is 5.69 Å². The first-order valence-electron chi connectivity index (χ1n) is 11.7. The Kier molecular flexibility index (Phi) is 9.65. The fraction of sp³-hybridized carbons (Fsp3) is 0.259. The molecule has 0 spiro atoms. The number of aromatic nitrogens is 4. The van der Waals surface area contributed by atoms with Crippen molar-refractivity contribution in [1.82, 2.24) is 15.0 Å². The Morgan fingerprint density at radius 1 is 0.838 bits per heavy atom. The van der Waals surface area contributed by atoms with Crippen LogP contribution < -0.4 is 4.57 Å². The van der Waals surface area contributed by atoms with Crippen LogP contribution in [0.5, 0.6) is 0 Å². The van der Waals surface area contributed by atoms with Crippen molar-refractivity contribution in [3.63, 3.8) is 0 Å². The first kappa shape index (κ1) is 27.3. The standard InChI is InChI=1S/C14H15FN2O2.C13H13FN2O2/c1-3-19-14(18)12-9-17(2)13(16-12)8-10-6-4-5-7-11(10)15;1-2-18-13(17)11-8-15-12(16-11)7-9-5-3-4-6-10(9)14/h4-7,9H,3,8H2,1-2H3;3-6,8H,2,7H2,1H3,(H,15,16)/p+1. The SMILES string of the molecule is CCOC(=O)c1c[n+](C)c(Cc2ccccc2F)[nH]1.CCOC(=O)c1cnc(Cc2ccccc2F)[nH]1. The number of halogens is 2. The molecule has 0 atom stereocenters. The number of nitrogens with one attached hydrogen (secondary N) is 2. The second-order valence-corrected chi connectivity index (χ2v) is 7.95. The molecule has 2 heterocycles. The average molecular weight is 512 g/mol. The fourth-order valence-corrected chi connectivity index (χ4v) is 3.44. The Labute approximate surface area is 213 Å². The number of hydrogen-bond donors (Lipinski definition) is 2. The van der Waals surface area contributed by atoms with Crippen LogP contribution in [0.2, 0.25) is 0 Å². The molecule has 10 heteroatoms. The number of nitrogens with zero attached hydrogens (tertiary/aromatic N) is 2. The van der Waals surface area contributed by atoms with Crippen molar-refractivity contribution in [2.45, 2.75) is 26.7 Å². The monoisotopic (exact) mass is 511 g/mol. The molecule has 0 aliphatic rings. The Hall–Kier alpha value is -4.34. The molecule has 2 aromatic heterocycles. The molecule has 0 bridgehead atoms. The van der Waals surface area contributed by atoms with Crippen molar-refractivity contribution >= 4 is 11.9 Å². The van der Waals surface area contributed by atoms with Gasteiger partial charge in [0.05, 0.1) is 32.9 Å². The number of aromatic amines is 2. The van der Waals surface area contributed by atoms with Gasteiger partial charge in [-0.2, -0.15) is 0 Å². The topological polar surface area (TPSA) is 101 Å². The summed E-state index contributed by atoms with van der Waals surface area (Å²) in [6.45, 7) is 4.11. The largest absolute Gasteiger partial charge is 0.461 e. The third-order valence-electron chi connectivity index (χ3n) is 5.28. The van der Waals surface area contributed by atoms with Gasteiger partial charge in [-0.3, -0.25) is 0 Å². The van der Waals surface area contributed by atoms with Crippen LogP contribution in [-0.2, 0) is 29.4 Å². The van der Waals surface area contributed by atoms with E-state index in [1.54, 1.807) is 68.1 Å². The van der Waals surface area contributed by atoms with Gasteiger partial charge in [0.25, 0.3) is 5.82 Å². The Morgan fingerprint density at radius 3 is 1.95 bits per heavy atom. The van der Waals surface area contributed by atoms with Crippen molar-refractivity contribution in [2.75, 3.05) is 13.2 Å². The number of H-pyrrole nitrogens is 2. The summed E-state index contributed by atoms with van der Waals surface area (Å²) in [7, 11) is 1.80. The molecule has 0 aliphatic heterocycles. The third-order valence-corrected chi connectivity index (χ3v) is 5.28. The fourth-order valence-electron chi connectivity index (χ4n) is 3.44. The van der Waals surface area contributed by atoms with E-state index in [2.05, 4.69) is 15.0 Å². The minimum Gasteiger partial charge on any atom is -0.461 e. The lowest BCUT2D eigenvalue weighted by Crippen LogP contribution is -2.30. The normalized spacial score (nSPS) is 10.4. The summed E-state index contributed by atoms with van der Waals surface area (Å²) in [5, 5.41) is 0. The lowest BCUT2D eigenvalue weighted by atomic mass is 10.1. The summed E-state index contributed by atoms with van der Waals surface area (Å²) in [5.74, 6) is -0.125. The lowest BCUT2D eigenvalue weighted by molar-refractivity contribution is -0.677. The highest BCUT2D eigenvalue weighted by atomic mass is 19.1. The number of carbonyl (C=O) groups is 2. The first-order valence-corrected chi connectivity index (χ1v) is 11.7. The number of esters is 2. The predicted octanol–water partition coefficient (Wildman–Crippen LogP) is 4.06. The molecule has 0 aliphatic carbocycles. The summed E-state index contributed by atoms with van der Waals surface area (Å²) < 4.78 is 38.5. The number of aryl methyl sites for hydroxylation is 1. The van der Waals surface area contributed by atoms with Crippen LogP contribution in [0.3, 0.4) is 0 Å². The van der Waals surface area contributed by atoms with Crippen molar-refractivity contribution in [1.29, 1.82) is 0 Å². The summed E-state index contributed by atoms with van der Waals surface area (Å²) in [6.07, 6.45) is 3.75. The molecule has 0 radical (unpaired) electrons. The van der Waals surface area contributed by atoms with Gasteiger partial charge in [-0.1, -0.05) is 36.4 Å². The molecule has 0 fully saturated rings. The first-order chi connectivity index (χ1) is 17.8. The van der Waals surface area contributed by atoms with E-state index < -0.39 is 11.9 Å². The molecule has 2 N–H and O–H groups in total. The lowest BCUT2D eigenvalue weighted by Gasteiger charge is -2.00. The molecule has 37 heavy (non-hydrogen) atoms. The molecule has 0 saturated carbocycles. The summed E-state index contributed by atoms with van der Waals surface area (Å²) in [6, 6.07) is 13.0. The van der Waals surface area contributed by atoms with Gasteiger partial charge in [0, 0.05) is 6.42 Å². The molecule has 0 amide bonds. The quantitative estimate of drug-likeness (QED) is 0.275. The zero-order chi connectivity index (χ0) is 26.8. The minimum absolute atomic E-state index is 0.255. The smallest absolute Gasteiger partial charge is 0.382 e. The Morgan fingerprint density at radius 2 is 1.38 bits per heavy atom. The highest BCUT2D eigenvalue weighted by molar-refractivity contribution is 5.87. The zero-order valence-electron chi connectivity index (χ0n) is 20.9. The van der Waals surface area contributed by atoms with Crippen LogP contribution in [0.15, 0.2) is 60.9 Å². The number of ether oxygens (including phenoxy) is 2. The number of carbonyl (C=O) groups excluding carboxylic acids is 2. The predicted molar refractivity (Wildman–Crippen MR) is 131 cm³/mol. The van der Waals surface area contributed by atoms with E-state index in [1.165, 1.54) is 18.3 Å². The van der Waals surface area contributed by atoms with Gasteiger partial charge < -0.3 is 14.5 Å². The highest BCUT2D eigenvalue weighted by Crippen LogP contribution is 2.12. The summed E-state index contributed by atoms with van der Waals surface area (Å²) in [5.41, 5.74) is 1.76. The van der Waals surface area contributed by atoms with E-state index in [-0.39, 0.29) is 17.3 Å². The number of benzene rings is 2. The summed E-state index contributed by atoms with van der Waals surface area (Å²) in [4.78, 5) is 32.8. The molecular formula is C27H29F2N4O4+. The Bertz CT molecular complexity index is 1350. The minimum atomic E-state index is -0.454. The number of hydrogen-bond acceptors (Lipinski definition) is 5. The van der Waals surface area contributed by atoms with Crippen LogP contribution in [-0.4, -0.2) is 40.1 Å². The molecule has 0 saturated heterocycles.